The van der Waals surface area contributed by atoms with E-state index in [1.54, 1.807) is 55.3 Å². The average molecular weight is 400 g/mol. The lowest BCUT2D eigenvalue weighted by Crippen LogP contribution is -2.24. The number of rotatable bonds is 8. The van der Waals surface area contributed by atoms with Crippen LogP contribution in [0.3, 0.4) is 0 Å². The first kappa shape index (κ1) is 19.9. The van der Waals surface area contributed by atoms with E-state index in [0.29, 0.717) is 22.3 Å². The van der Waals surface area contributed by atoms with E-state index in [1.165, 1.54) is 12.1 Å². The summed E-state index contributed by atoms with van der Waals surface area (Å²) in [5.74, 6) is 1.51. The van der Waals surface area contributed by atoms with Gasteiger partial charge in [-0.15, -0.1) is 10.2 Å². The minimum atomic E-state index is -0.313. The Morgan fingerprint density at radius 1 is 1.21 bits per heavy atom. The number of carbonyl (C=O) groups is 1. The van der Waals surface area contributed by atoms with Crippen LogP contribution in [0.2, 0.25) is 0 Å². The van der Waals surface area contributed by atoms with E-state index in [0.717, 1.165) is 17.9 Å². The molecule has 8 heteroatoms. The van der Waals surface area contributed by atoms with Crippen LogP contribution in [0.1, 0.15) is 29.5 Å². The molecule has 3 aromatic rings. The Hall–Kier alpha value is -2.87. The Kier molecular flexibility index (Phi) is 6.65. The third kappa shape index (κ3) is 4.69. The summed E-state index contributed by atoms with van der Waals surface area (Å²) in [4.78, 5) is 12.5. The summed E-state index contributed by atoms with van der Waals surface area (Å²) < 4.78 is 20.3. The molecule has 0 saturated carbocycles. The number of aromatic nitrogens is 3. The van der Waals surface area contributed by atoms with Crippen molar-refractivity contribution in [2.45, 2.75) is 25.0 Å². The molecular weight excluding hydrogens is 379 g/mol. The molecule has 6 nitrogen and oxygen atoms in total. The van der Waals surface area contributed by atoms with E-state index < -0.39 is 0 Å². The predicted molar refractivity (Wildman–Crippen MR) is 106 cm³/mol. The fraction of sp³-hybridized carbons (Fsp3) is 0.250. The van der Waals surface area contributed by atoms with Crippen LogP contribution in [0.5, 0.6) is 5.75 Å². The summed E-state index contributed by atoms with van der Waals surface area (Å²) in [6.07, 6.45) is 0.989. The van der Waals surface area contributed by atoms with Gasteiger partial charge >= 0.3 is 0 Å². The quantitative estimate of drug-likeness (QED) is 0.582. The Balaban J connectivity index is 1.82. The maximum atomic E-state index is 13.3. The number of carbonyl (C=O) groups excluding carboxylic acids is 1. The molecule has 0 atom stereocenters. The molecule has 0 spiro atoms. The molecule has 2 aromatic carbocycles. The van der Waals surface area contributed by atoms with Crippen LogP contribution in [0.15, 0.2) is 53.7 Å². The molecule has 1 heterocycles. The molecule has 28 heavy (non-hydrogen) atoms. The van der Waals surface area contributed by atoms with E-state index in [1.807, 2.05) is 4.57 Å². The second kappa shape index (κ2) is 9.36. The molecule has 0 aliphatic carbocycles. The molecule has 0 bridgehead atoms. The summed E-state index contributed by atoms with van der Waals surface area (Å²) in [5.41, 5.74) is 1.24. The van der Waals surface area contributed by atoms with Crippen LogP contribution >= 0.6 is 11.8 Å². The molecule has 0 aliphatic heterocycles. The Bertz CT molecular complexity index is 944. The first-order chi connectivity index (χ1) is 13.6. The van der Waals surface area contributed by atoms with Crippen molar-refractivity contribution in [3.63, 3.8) is 0 Å². The monoisotopic (exact) mass is 400 g/mol. The van der Waals surface area contributed by atoms with Gasteiger partial charge in [-0.2, -0.15) is 0 Å². The van der Waals surface area contributed by atoms with Crippen LogP contribution in [-0.2, 0) is 6.54 Å². The van der Waals surface area contributed by atoms with Crippen molar-refractivity contribution in [2.75, 3.05) is 12.9 Å². The zero-order chi connectivity index (χ0) is 19.9. The molecule has 1 N–H and O–H groups in total. The molecule has 0 radical (unpaired) electrons. The van der Waals surface area contributed by atoms with E-state index in [4.69, 9.17) is 4.74 Å². The highest BCUT2D eigenvalue weighted by Gasteiger charge is 2.16. The maximum absolute atomic E-state index is 13.3. The fourth-order valence-electron chi connectivity index (χ4n) is 2.58. The second-order valence-corrected chi connectivity index (χ2v) is 7.04. The SMILES string of the molecule is CCCSc1nnc(CNC(=O)c2cccc(OC)c2)n1-c1ccc(F)cc1. The van der Waals surface area contributed by atoms with Crippen LogP contribution in [0.4, 0.5) is 4.39 Å². The first-order valence-electron chi connectivity index (χ1n) is 8.87. The highest BCUT2D eigenvalue weighted by molar-refractivity contribution is 7.99. The number of benzene rings is 2. The lowest BCUT2D eigenvalue weighted by molar-refractivity contribution is 0.0949. The zero-order valence-electron chi connectivity index (χ0n) is 15.7. The summed E-state index contributed by atoms with van der Waals surface area (Å²) in [5, 5.41) is 12.0. The number of nitrogens with zero attached hydrogens (tertiary/aromatic N) is 3. The van der Waals surface area contributed by atoms with Gasteiger partial charge in [0.25, 0.3) is 5.91 Å². The minimum absolute atomic E-state index is 0.188. The Morgan fingerprint density at radius 3 is 2.71 bits per heavy atom. The highest BCUT2D eigenvalue weighted by Crippen LogP contribution is 2.23. The summed E-state index contributed by atoms with van der Waals surface area (Å²) >= 11 is 1.57. The summed E-state index contributed by atoms with van der Waals surface area (Å²) in [6.45, 7) is 2.27. The lowest BCUT2D eigenvalue weighted by atomic mass is 10.2. The van der Waals surface area contributed by atoms with Crippen molar-refractivity contribution in [3.8, 4) is 11.4 Å². The van der Waals surface area contributed by atoms with Gasteiger partial charge in [0.2, 0.25) is 0 Å². The number of hydrogen-bond acceptors (Lipinski definition) is 5. The number of hydrogen-bond donors (Lipinski definition) is 1. The van der Waals surface area contributed by atoms with E-state index in [-0.39, 0.29) is 18.3 Å². The maximum Gasteiger partial charge on any atom is 0.251 e. The minimum Gasteiger partial charge on any atom is -0.497 e. The third-order valence-corrected chi connectivity index (χ3v) is 5.09. The molecule has 0 fully saturated rings. The van der Waals surface area contributed by atoms with Gasteiger partial charge in [-0.1, -0.05) is 24.8 Å². The standard InChI is InChI=1S/C20H21FN4O2S/c1-3-11-28-20-24-23-18(25(20)16-9-7-15(21)8-10-16)13-22-19(26)14-5-4-6-17(12-14)27-2/h4-10,12H,3,11,13H2,1-2H3,(H,22,26). The molecule has 1 aromatic heterocycles. The molecule has 0 unspecified atom stereocenters. The van der Waals surface area contributed by atoms with E-state index in [9.17, 15) is 9.18 Å². The van der Waals surface area contributed by atoms with Gasteiger partial charge in [0.15, 0.2) is 11.0 Å². The molecule has 3 rings (SSSR count). The van der Waals surface area contributed by atoms with Crippen molar-refractivity contribution in [1.29, 1.82) is 0 Å². The molecular formula is C20H21FN4O2S. The summed E-state index contributed by atoms with van der Waals surface area (Å²) in [7, 11) is 1.55. The highest BCUT2D eigenvalue weighted by atomic mass is 32.2. The van der Waals surface area contributed by atoms with Gasteiger partial charge in [0, 0.05) is 17.0 Å². The number of ether oxygens (including phenoxy) is 1. The predicted octanol–water partition coefficient (Wildman–Crippen LogP) is 3.85. The van der Waals surface area contributed by atoms with Crippen LogP contribution in [0, 0.1) is 5.82 Å². The van der Waals surface area contributed by atoms with Crippen LogP contribution < -0.4 is 10.1 Å². The molecule has 146 valence electrons. The van der Waals surface area contributed by atoms with Gasteiger partial charge in [-0.3, -0.25) is 9.36 Å². The smallest absolute Gasteiger partial charge is 0.251 e. The number of nitrogens with one attached hydrogen (secondary N) is 1. The lowest BCUT2D eigenvalue weighted by Gasteiger charge is -2.11. The molecule has 0 aliphatic rings. The number of halogens is 1. The number of methoxy groups -OCH3 is 1. The van der Waals surface area contributed by atoms with Crippen molar-refractivity contribution in [3.05, 3.63) is 65.7 Å². The van der Waals surface area contributed by atoms with E-state index in [2.05, 4.69) is 22.4 Å². The van der Waals surface area contributed by atoms with Crippen molar-refractivity contribution in [2.24, 2.45) is 0 Å². The van der Waals surface area contributed by atoms with Gasteiger partial charge in [0.1, 0.15) is 11.6 Å². The fourth-order valence-corrected chi connectivity index (χ4v) is 3.40. The average Bonchev–Trinajstić information content (AvgIpc) is 3.13. The topological polar surface area (TPSA) is 69.0 Å². The Morgan fingerprint density at radius 2 is 2.00 bits per heavy atom. The van der Waals surface area contributed by atoms with Gasteiger partial charge in [-0.25, -0.2) is 4.39 Å². The van der Waals surface area contributed by atoms with Crippen molar-refractivity contribution < 1.29 is 13.9 Å². The largest absolute Gasteiger partial charge is 0.497 e. The second-order valence-electron chi connectivity index (χ2n) is 5.97. The normalized spacial score (nSPS) is 10.7. The van der Waals surface area contributed by atoms with Crippen molar-refractivity contribution >= 4 is 17.7 Å². The van der Waals surface area contributed by atoms with Gasteiger partial charge < -0.3 is 10.1 Å². The number of thioether (sulfide) groups is 1. The number of amides is 1. The molecule has 1 amide bonds. The zero-order valence-corrected chi connectivity index (χ0v) is 16.5. The van der Waals surface area contributed by atoms with Crippen LogP contribution in [-0.4, -0.2) is 33.5 Å². The van der Waals surface area contributed by atoms with Gasteiger partial charge in [0.05, 0.1) is 13.7 Å². The third-order valence-electron chi connectivity index (χ3n) is 3.96. The summed E-state index contributed by atoms with van der Waals surface area (Å²) in [6, 6.07) is 13.0. The molecule has 0 saturated heterocycles. The Labute approximate surface area is 167 Å². The van der Waals surface area contributed by atoms with Gasteiger partial charge in [-0.05, 0) is 48.9 Å². The van der Waals surface area contributed by atoms with Crippen molar-refractivity contribution in [1.82, 2.24) is 20.1 Å². The van der Waals surface area contributed by atoms with Crippen LogP contribution in [0.25, 0.3) is 5.69 Å². The first-order valence-corrected chi connectivity index (χ1v) is 9.86. The van der Waals surface area contributed by atoms with E-state index >= 15 is 0 Å².